The van der Waals surface area contributed by atoms with Crippen molar-refractivity contribution in [3.05, 3.63) is 58.9 Å². The molecule has 0 aromatic heterocycles. The topological polar surface area (TPSA) is 30.5 Å². The van der Waals surface area contributed by atoms with Gasteiger partial charge in [0.25, 0.3) is 5.17 Å². The summed E-state index contributed by atoms with van der Waals surface area (Å²) >= 11 is 4.98. The predicted octanol–water partition coefficient (Wildman–Crippen LogP) is 4.62. The average molecular weight is 333 g/mol. The average Bonchev–Trinajstić information content (AvgIpc) is 2.55. The third kappa shape index (κ3) is 4.42. The molecule has 2 rings (SSSR count). The van der Waals surface area contributed by atoms with Gasteiger partial charge in [0.15, 0.2) is 0 Å². The maximum atomic E-state index is 14.1. The van der Waals surface area contributed by atoms with E-state index in [1.165, 1.54) is 18.7 Å². The molecule has 5 heteroatoms. The molecule has 0 radical (unpaired) electrons. The van der Waals surface area contributed by atoms with Gasteiger partial charge in [0, 0.05) is 5.56 Å². The Kier molecular flexibility index (Phi) is 5.93. The fourth-order valence-electron chi connectivity index (χ4n) is 2.26. The number of thiocarbonyl (C=S) groups is 1. The molecule has 0 bridgehead atoms. The molecule has 0 aliphatic heterocycles. The molecule has 2 aromatic rings. The fourth-order valence-corrected chi connectivity index (χ4v) is 2.37. The summed E-state index contributed by atoms with van der Waals surface area (Å²) in [5, 5.41) is 3.05. The summed E-state index contributed by atoms with van der Waals surface area (Å²) < 4.78 is 24.9. The van der Waals surface area contributed by atoms with Crippen LogP contribution in [0.15, 0.2) is 36.4 Å². The van der Waals surface area contributed by atoms with Crippen molar-refractivity contribution in [1.29, 1.82) is 0 Å². The molecule has 122 valence electrons. The van der Waals surface area contributed by atoms with Crippen molar-refractivity contribution in [2.75, 3.05) is 12.4 Å². The summed E-state index contributed by atoms with van der Waals surface area (Å²) in [4.78, 5) is 0. The van der Waals surface area contributed by atoms with Gasteiger partial charge in [-0.15, -0.1) is 0 Å². The molecule has 1 N–H and O–H groups in total. The number of hydrogen-bond acceptors (Lipinski definition) is 3. The number of aryl methyl sites for hydroxylation is 2. The molecule has 23 heavy (non-hydrogen) atoms. The van der Waals surface area contributed by atoms with Crippen molar-refractivity contribution in [2.24, 2.45) is 0 Å². The van der Waals surface area contributed by atoms with Crippen LogP contribution in [0.5, 0.6) is 5.75 Å². The lowest BCUT2D eigenvalue weighted by Crippen LogP contribution is -2.14. The van der Waals surface area contributed by atoms with Gasteiger partial charge in [0.05, 0.1) is 12.8 Å². The highest BCUT2D eigenvalue weighted by molar-refractivity contribution is 7.80. The van der Waals surface area contributed by atoms with Crippen LogP contribution in [-0.2, 0) is 17.8 Å². The Labute approximate surface area is 141 Å². The second kappa shape index (κ2) is 7.92. The Morgan fingerprint density at radius 2 is 2.04 bits per heavy atom. The number of rotatable bonds is 5. The van der Waals surface area contributed by atoms with E-state index in [2.05, 4.69) is 18.3 Å². The second-order valence-corrected chi connectivity index (χ2v) is 5.51. The molecule has 0 atom stereocenters. The van der Waals surface area contributed by atoms with Crippen molar-refractivity contribution >= 4 is 23.1 Å². The molecule has 0 saturated heterocycles. The quantitative estimate of drug-likeness (QED) is 0.809. The molecule has 0 unspecified atom stereocenters. The van der Waals surface area contributed by atoms with Gasteiger partial charge in [-0.1, -0.05) is 30.7 Å². The monoisotopic (exact) mass is 333 g/mol. The molecule has 3 nitrogen and oxygen atoms in total. The van der Waals surface area contributed by atoms with Gasteiger partial charge in [-0.25, -0.2) is 4.39 Å². The van der Waals surface area contributed by atoms with E-state index in [4.69, 9.17) is 21.7 Å². The fraction of sp³-hybridized carbons (Fsp3) is 0.278. The zero-order valence-electron chi connectivity index (χ0n) is 13.5. The van der Waals surface area contributed by atoms with Crippen LogP contribution in [0.4, 0.5) is 10.1 Å². The highest BCUT2D eigenvalue weighted by atomic mass is 32.1. The Hall–Kier alpha value is -2.14. The first kappa shape index (κ1) is 17.2. The zero-order valence-corrected chi connectivity index (χ0v) is 14.3. The Morgan fingerprint density at radius 1 is 1.26 bits per heavy atom. The van der Waals surface area contributed by atoms with Gasteiger partial charge in [0.2, 0.25) is 0 Å². The molecule has 0 aliphatic rings. The minimum atomic E-state index is -0.348. The highest BCUT2D eigenvalue weighted by Crippen LogP contribution is 2.25. The third-order valence-corrected chi connectivity index (χ3v) is 3.78. The van der Waals surface area contributed by atoms with Crippen LogP contribution in [0.1, 0.15) is 23.6 Å². The van der Waals surface area contributed by atoms with Crippen molar-refractivity contribution in [2.45, 2.75) is 26.9 Å². The maximum absolute atomic E-state index is 14.1. The smallest absolute Gasteiger partial charge is 0.260 e. The Morgan fingerprint density at radius 3 is 2.74 bits per heavy atom. The highest BCUT2D eigenvalue weighted by Gasteiger charge is 2.12. The van der Waals surface area contributed by atoms with E-state index in [0.717, 1.165) is 17.7 Å². The number of methoxy groups -OCH3 is 1. The number of hydrogen-bond donors (Lipinski definition) is 1. The first-order valence-electron chi connectivity index (χ1n) is 7.39. The van der Waals surface area contributed by atoms with Crippen molar-refractivity contribution < 1.29 is 13.9 Å². The van der Waals surface area contributed by atoms with Crippen LogP contribution < -0.4 is 10.1 Å². The molecule has 2 aromatic carbocycles. The number of nitrogens with one attached hydrogen (secondary N) is 1. The van der Waals surface area contributed by atoms with Crippen molar-refractivity contribution in [1.82, 2.24) is 0 Å². The lowest BCUT2D eigenvalue weighted by atomic mass is 10.1. The van der Waals surface area contributed by atoms with Gasteiger partial charge >= 0.3 is 0 Å². The zero-order chi connectivity index (χ0) is 16.8. The lowest BCUT2D eigenvalue weighted by Gasteiger charge is -2.15. The van der Waals surface area contributed by atoms with Gasteiger partial charge in [-0.3, -0.25) is 0 Å². The van der Waals surface area contributed by atoms with Crippen molar-refractivity contribution in [3.63, 3.8) is 0 Å². The van der Waals surface area contributed by atoms with Crippen LogP contribution in [0.3, 0.4) is 0 Å². The predicted molar refractivity (Wildman–Crippen MR) is 94.5 cm³/mol. The van der Waals surface area contributed by atoms with E-state index < -0.39 is 0 Å². The molecule has 0 spiro atoms. The largest absolute Gasteiger partial charge is 0.488 e. The van der Waals surface area contributed by atoms with Gasteiger partial charge < -0.3 is 14.8 Å². The molecule has 0 amide bonds. The van der Waals surface area contributed by atoms with E-state index >= 15 is 0 Å². The minimum Gasteiger partial charge on any atom is -0.488 e. The van der Waals surface area contributed by atoms with Crippen LogP contribution in [0, 0.1) is 12.7 Å². The Balaban J connectivity index is 2.22. The Bertz CT molecular complexity index is 703. The molecular weight excluding hydrogens is 313 g/mol. The van der Waals surface area contributed by atoms with Gasteiger partial charge in [-0.2, -0.15) is 0 Å². The normalized spacial score (nSPS) is 10.3. The van der Waals surface area contributed by atoms with E-state index in [-0.39, 0.29) is 17.6 Å². The third-order valence-electron chi connectivity index (χ3n) is 3.51. The molecule has 0 aliphatic carbocycles. The maximum Gasteiger partial charge on any atom is 0.260 e. The number of ether oxygens (including phenoxy) is 2. The second-order valence-electron chi connectivity index (χ2n) is 5.14. The van der Waals surface area contributed by atoms with E-state index in [1.807, 2.05) is 19.1 Å². The number of benzene rings is 2. The summed E-state index contributed by atoms with van der Waals surface area (Å²) in [6.07, 6.45) is 0.854. The van der Waals surface area contributed by atoms with E-state index in [0.29, 0.717) is 11.3 Å². The number of anilines is 1. The first-order chi connectivity index (χ1) is 11.0. The molecular formula is C18H20FNO2S. The van der Waals surface area contributed by atoms with Gasteiger partial charge in [0.1, 0.15) is 18.2 Å². The van der Waals surface area contributed by atoms with E-state index in [9.17, 15) is 4.39 Å². The van der Waals surface area contributed by atoms with Gasteiger partial charge in [-0.05, 0) is 49.3 Å². The molecule has 0 fully saturated rings. The minimum absolute atomic E-state index is 0.109. The molecule has 0 heterocycles. The van der Waals surface area contributed by atoms with E-state index in [1.54, 1.807) is 12.1 Å². The summed E-state index contributed by atoms with van der Waals surface area (Å²) in [6.45, 7) is 4.21. The summed E-state index contributed by atoms with van der Waals surface area (Å²) in [6, 6.07) is 10.7. The number of halogens is 1. The van der Waals surface area contributed by atoms with Crippen LogP contribution in [0.2, 0.25) is 0 Å². The lowest BCUT2D eigenvalue weighted by molar-refractivity contribution is 0.297. The SMILES string of the molecule is CCc1cc(C)ccc1OCc1c(F)cccc1NC(=S)OC. The standard InChI is InChI=1S/C18H20FNO2S/c1-4-13-10-12(2)8-9-17(13)22-11-14-15(19)6-5-7-16(14)20-18(23)21-3/h5-10H,4,11H2,1-3H3,(H,20,23). The molecule has 0 saturated carbocycles. The van der Waals surface area contributed by atoms with Crippen LogP contribution in [0.25, 0.3) is 0 Å². The van der Waals surface area contributed by atoms with Crippen LogP contribution in [-0.4, -0.2) is 12.3 Å². The van der Waals surface area contributed by atoms with Crippen molar-refractivity contribution in [3.8, 4) is 5.75 Å². The first-order valence-corrected chi connectivity index (χ1v) is 7.80. The van der Waals surface area contributed by atoms with Crippen LogP contribution >= 0.6 is 12.2 Å². The summed E-state index contributed by atoms with van der Waals surface area (Å²) in [5.41, 5.74) is 3.23. The summed E-state index contributed by atoms with van der Waals surface area (Å²) in [5.74, 6) is 0.417. The summed E-state index contributed by atoms with van der Waals surface area (Å²) in [7, 11) is 1.46.